The molecule has 0 radical (unpaired) electrons. The van der Waals surface area contributed by atoms with Gasteiger partial charge in [0.05, 0.1) is 32.5 Å². The second-order valence-corrected chi connectivity index (χ2v) is 10.5. The highest BCUT2D eigenvalue weighted by atomic mass is 16.7. The van der Waals surface area contributed by atoms with Gasteiger partial charge in [-0.1, -0.05) is 0 Å². The first-order valence-corrected chi connectivity index (χ1v) is 13.7. The number of ether oxygens (including phenoxy) is 6. The summed E-state index contributed by atoms with van der Waals surface area (Å²) < 4.78 is 33.5. The van der Waals surface area contributed by atoms with E-state index in [1.54, 1.807) is 6.08 Å². The number of hydrogen-bond donors (Lipinski definition) is 8. The lowest BCUT2D eigenvalue weighted by Crippen LogP contribution is -2.59. The summed E-state index contributed by atoms with van der Waals surface area (Å²) in [6.07, 6.45) is -4.48. The van der Waals surface area contributed by atoms with Crippen LogP contribution in [0.5, 0.6) is 28.7 Å². The fourth-order valence-electron chi connectivity index (χ4n) is 5.45. The van der Waals surface area contributed by atoms with Gasteiger partial charge in [0, 0.05) is 29.3 Å². The third-order valence-electron chi connectivity index (χ3n) is 7.78. The molecule has 0 amide bonds. The zero-order chi connectivity index (χ0) is 32.2. The minimum absolute atomic E-state index is 0.0233. The normalized spacial score (nSPS) is 27.4. The molecule has 2 aromatic rings. The number of aliphatic hydroxyl groups is 7. The Hall–Kier alpha value is -4.86. The summed E-state index contributed by atoms with van der Waals surface area (Å²) in [5, 5.41) is 82.6. The van der Waals surface area contributed by atoms with Crippen molar-refractivity contribution in [1.82, 2.24) is 0 Å². The molecule has 6 atom stereocenters. The van der Waals surface area contributed by atoms with Crippen LogP contribution in [0.25, 0.3) is 11.5 Å². The van der Waals surface area contributed by atoms with Crippen LogP contribution in [0.1, 0.15) is 11.1 Å². The van der Waals surface area contributed by atoms with E-state index in [-0.39, 0.29) is 51.8 Å². The molecule has 0 spiro atoms. The fourth-order valence-corrected chi connectivity index (χ4v) is 5.45. The van der Waals surface area contributed by atoms with Crippen molar-refractivity contribution in [3.63, 3.8) is 0 Å². The van der Waals surface area contributed by atoms with Gasteiger partial charge in [0.15, 0.2) is 23.0 Å². The number of allylic oxidation sites excluding steroid dienone is 2. The van der Waals surface area contributed by atoms with Crippen molar-refractivity contribution in [2.24, 2.45) is 0 Å². The number of aromatic hydroxyl groups is 3. The molecule has 4 aliphatic rings. The van der Waals surface area contributed by atoms with E-state index in [0.29, 0.717) is 22.3 Å². The Labute approximate surface area is 255 Å². The van der Waals surface area contributed by atoms with Gasteiger partial charge >= 0.3 is 5.76 Å². The van der Waals surface area contributed by atoms with Crippen LogP contribution >= 0.6 is 0 Å². The van der Waals surface area contributed by atoms with Crippen LogP contribution in [0.2, 0.25) is 0 Å². The largest absolute Gasteiger partial charge is 0.571 e. The molecule has 1 aliphatic carbocycles. The molecule has 14 nitrogen and oxygen atoms in total. The third kappa shape index (κ3) is 5.18. The van der Waals surface area contributed by atoms with E-state index < -0.39 is 49.2 Å². The lowest BCUT2D eigenvalue weighted by molar-refractivity contribution is -0.291. The van der Waals surface area contributed by atoms with E-state index in [0.717, 1.165) is 0 Å². The van der Waals surface area contributed by atoms with Gasteiger partial charge in [0.2, 0.25) is 23.9 Å². The smallest absolute Gasteiger partial charge is 0.306 e. The molecule has 238 valence electrons. The molecule has 0 aromatic heterocycles. The summed E-state index contributed by atoms with van der Waals surface area (Å²) >= 11 is 0. The summed E-state index contributed by atoms with van der Waals surface area (Å²) in [4.78, 5) is 0. The first-order valence-electron chi connectivity index (χ1n) is 13.7. The first-order chi connectivity index (χ1) is 21.5. The van der Waals surface area contributed by atoms with E-state index in [4.69, 9.17) is 28.4 Å². The van der Waals surface area contributed by atoms with Gasteiger partial charge < -0.3 is 69.3 Å². The maximum atomic E-state index is 10.9. The number of methoxy groups -OCH3 is 2. The van der Waals surface area contributed by atoms with Crippen LogP contribution in [0, 0.1) is 0 Å². The van der Waals surface area contributed by atoms with E-state index in [1.165, 1.54) is 56.7 Å². The van der Waals surface area contributed by atoms with E-state index in [2.05, 4.69) is 0 Å². The molecule has 45 heavy (non-hydrogen) atoms. The molecule has 3 heterocycles. The molecule has 14 heteroatoms. The lowest BCUT2D eigenvalue weighted by Gasteiger charge is -2.41. The van der Waals surface area contributed by atoms with Crippen LogP contribution in [-0.2, 0) is 14.2 Å². The van der Waals surface area contributed by atoms with Crippen molar-refractivity contribution < 1.29 is 69.3 Å². The third-order valence-corrected chi connectivity index (χ3v) is 7.78. The van der Waals surface area contributed by atoms with Crippen LogP contribution in [-0.4, -0.2) is 103 Å². The molecular formula is C31H31O14+. The van der Waals surface area contributed by atoms with E-state index in [9.17, 15) is 40.9 Å². The predicted octanol–water partition coefficient (Wildman–Crippen LogP) is 0.923. The van der Waals surface area contributed by atoms with Crippen LogP contribution in [0.3, 0.4) is 0 Å². The van der Waals surface area contributed by atoms with Crippen molar-refractivity contribution in [1.29, 1.82) is 0 Å². The van der Waals surface area contributed by atoms with Gasteiger partial charge in [-0.3, -0.25) is 0 Å². The fraction of sp³-hybridized carbons (Fsp3) is 0.290. The van der Waals surface area contributed by atoms with Gasteiger partial charge in [0.1, 0.15) is 47.3 Å². The molecule has 6 rings (SSSR count). The number of benzene rings is 2. The summed E-state index contributed by atoms with van der Waals surface area (Å²) in [6.45, 7) is -0.692. The Morgan fingerprint density at radius 1 is 0.822 bits per heavy atom. The standard InChI is InChI=1S/C31H30O14/c1-40-21-6-13(7-22(41-2)25(21)36)29-30(45-31-28(39)27(38)26(37)23(11-32)44-31)15-10-18(12-3-4-16(34)17(35)5-12)42-19-8-14(33)9-20(43-29)24(15)19/h3-10,20,23,26-28,31-39H,11H2,1-2H3/p+1/t20?,23-,26-,27+,28-,31+/m1/s1. The lowest BCUT2D eigenvalue weighted by atomic mass is 9.88. The summed E-state index contributed by atoms with van der Waals surface area (Å²) in [5.74, 6) is -0.701. The van der Waals surface area contributed by atoms with Crippen molar-refractivity contribution >= 4 is 11.5 Å². The van der Waals surface area contributed by atoms with Crippen molar-refractivity contribution in [3.8, 4) is 28.7 Å². The Bertz CT molecular complexity index is 1660. The van der Waals surface area contributed by atoms with Gasteiger partial charge in [-0.05, 0) is 24.3 Å². The van der Waals surface area contributed by atoms with Crippen LogP contribution in [0.15, 0.2) is 77.0 Å². The number of hydrogen-bond acceptors (Lipinski definition) is 13. The second kappa shape index (κ2) is 11.6. The minimum atomic E-state index is -1.77. The topological polar surface area (TPSA) is 221 Å². The summed E-state index contributed by atoms with van der Waals surface area (Å²) in [6, 6.07) is 6.96. The molecule has 1 fully saturated rings. The maximum Gasteiger partial charge on any atom is 0.306 e. The maximum absolute atomic E-state index is 10.9. The van der Waals surface area contributed by atoms with Gasteiger partial charge in [-0.2, -0.15) is 0 Å². The van der Waals surface area contributed by atoms with E-state index in [1.807, 2.05) is 0 Å². The highest BCUT2D eigenvalue weighted by Crippen LogP contribution is 2.48. The van der Waals surface area contributed by atoms with E-state index >= 15 is 0 Å². The minimum Gasteiger partial charge on any atom is -0.571 e. The Balaban J connectivity index is 1.58. The van der Waals surface area contributed by atoms with Gasteiger partial charge in [0.25, 0.3) is 0 Å². The molecule has 3 aliphatic heterocycles. The van der Waals surface area contributed by atoms with Crippen molar-refractivity contribution in [2.45, 2.75) is 36.8 Å². The molecular weight excluding hydrogens is 596 g/mol. The average Bonchev–Trinajstić information content (AvgIpc) is 3.03. The van der Waals surface area contributed by atoms with Crippen LogP contribution < -0.4 is 9.47 Å². The molecule has 1 saturated heterocycles. The summed E-state index contributed by atoms with van der Waals surface area (Å²) in [7, 11) is 2.69. The zero-order valence-corrected chi connectivity index (χ0v) is 23.9. The molecule has 1 unspecified atom stereocenters. The number of phenolic OH excluding ortho intramolecular Hbond substituents is 3. The molecule has 0 saturated carbocycles. The zero-order valence-electron chi connectivity index (χ0n) is 23.9. The number of phenols is 3. The van der Waals surface area contributed by atoms with Gasteiger partial charge in [-0.15, -0.1) is 0 Å². The van der Waals surface area contributed by atoms with Gasteiger partial charge in [-0.25, -0.2) is 0 Å². The second-order valence-electron chi connectivity index (χ2n) is 10.5. The SMILES string of the molecule is COc1cc(C2=C(O[C@@H]3O[C@H](CO)[C@@H](O)[C@H](O)[C@H]3O)C3=C4C(=CC(O)=CC4[OH+]2)OC(c2ccc(O)c(O)c2)=C3)cc(OC)c1O. The average molecular weight is 628 g/mol. The Morgan fingerprint density at radius 3 is 2.18 bits per heavy atom. The quantitative estimate of drug-likeness (QED) is 0.158. The van der Waals surface area contributed by atoms with Crippen molar-refractivity contribution in [3.05, 3.63) is 88.1 Å². The molecule has 0 bridgehead atoms. The highest BCUT2D eigenvalue weighted by molar-refractivity contribution is 5.80. The predicted molar refractivity (Wildman–Crippen MR) is 154 cm³/mol. The Kier molecular flexibility index (Phi) is 7.76. The number of rotatable bonds is 7. The molecule has 9 N–H and O–H groups in total. The van der Waals surface area contributed by atoms with Crippen LogP contribution in [0.4, 0.5) is 0 Å². The first kappa shape index (κ1) is 30.2. The number of aliphatic hydroxyl groups excluding tert-OH is 5. The van der Waals surface area contributed by atoms with Crippen molar-refractivity contribution in [2.75, 3.05) is 20.8 Å². The Morgan fingerprint density at radius 2 is 1.53 bits per heavy atom. The monoisotopic (exact) mass is 627 g/mol. The summed E-state index contributed by atoms with van der Waals surface area (Å²) in [5.41, 5.74) is 1.42. The highest BCUT2D eigenvalue weighted by Gasteiger charge is 2.48. The molecule has 2 aromatic carbocycles.